The van der Waals surface area contributed by atoms with Crippen molar-refractivity contribution >= 4 is 29.6 Å². The number of carbonyl (C=O) groups is 3. The van der Waals surface area contributed by atoms with Crippen LogP contribution in [0.4, 0.5) is 5.69 Å². The summed E-state index contributed by atoms with van der Waals surface area (Å²) in [5.41, 5.74) is 5.16. The maximum Gasteiger partial charge on any atom is 0.271 e. The zero-order valence-electron chi connectivity index (χ0n) is 16.7. The van der Waals surface area contributed by atoms with Gasteiger partial charge in [0.25, 0.3) is 5.91 Å². The van der Waals surface area contributed by atoms with E-state index in [1.165, 1.54) is 0 Å². The predicted molar refractivity (Wildman–Crippen MR) is 119 cm³/mol. The van der Waals surface area contributed by atoms with E-state index in [9.17, 15) is 14.4 Å². The van der Waals surface area contributed by atoms with E-state index < -0.39 is 5.91 Å². The highest BCUT2D eigenvalue weighted by molar-refractivity contribution is 6.03. The number of carbonyl (C=O) groups excluding carboxylic acids is 3. The molecule has 0 saturated heterocycles. The largest absolute Gasteiger partial charge is 0.352 e. The van der Waals surface area contributed by atoms with Crippen molar-refractivity contribution in [3.8, 4) is 0 Å². The summed E-state index contributed by atoms with van der Waals surface area (Å²) in [6.07, 6.45) is 1.26. The molecule has 31 heavy (non-hydrogen) atoms. The van der Waals surface area contributed by atoms with Crippen molar-refractivity contribution in [1.29, 1.82) is 0 Å². The Hall–Kier alpha value is -4.26. The maximum absolute atomic E-state index is 12.1. The highest BCUT2D eigenvalue weighted by Gasteiger charge is 2.10. The molecule has 7 nitrogen and oxygen atoms in total. The lowest BCUT2D eigenvalue weighted by atomic mass is 10.2. The Morgan fingerprint density at radius 2 is 1.42 bits per heavy atom. The third-order valence-electron chi connectivity index (χ3n) is 4.26. The molecule has 0 unspecified atom stereocenters. The van der Waals surface area contributed by atoms with Crippen LogP contribution >= 0.6 is 0 Å². The van der Waals surface area contributed by atoms with Gasteiger partial charge in [0.15, 0.2) is 0 Å². The van der Waals surface area contributed by atoms with Crippen molar-refractivity contribution in [2.75, 3.05) is 5.32 Å². The van der Waals surface area contributed by atoms with Crippen LogP contribution in [0.25, 0.3) is 0 Å². The van der Waals surface area contributed by atoms with E-state index in [0.29, 0.717) is 17.8 Å². The lowest BCUT2D eigenvalue weighted by Crippen LogP contribution is -2.27. The van der Waals surface area contributed by atoms with Crippen LogP contribution in [0.2, 0.25) is 0 Å². The van der Waals surface area contributed by atoms with Gasteiger partial charge >= 0.3 is 0 Å². The van der Waals surface area contributed by atoms with E-state index in [0.717, 1.165) is 11.1 Å². The summed E-state index contributed by atoms with van der Waals surface area (Å²) in [5, 5.41) is 9.27. The van der Waals surface area contributed by atoms with Gasteiger partial charge < -0.3 is 10.6 Å². The van der Waals surface area contributed by atoms with E-state index in [4.69, 9.17) is 0 Å². The molecule has 7 heteroatoms. The lowest BCUT2D eigenvalue weighted by molar-refractivity contribution is -0.126. The van der Waals surface area contributed by atoms with Crippen LogP contribution in [0.5, 0.6) is 0 Å². The molecule has 0 aliphatic heterocycles. The Labute approximate surface area is 180 Å². The zero-order chi connectivity index (χ0) is 21.9. The Balaban J connectivity index is 1.43. The van der Waals surface area contributed by atoms with Crippen molar-refractivity contribution in [1.82, 2.24) is 10.7 Å². The first kappa shape index (κ1) is 21.4. The van der Waals surface area contributed by atoms with Crippen molar-refractivity contribution in [3.63, 3.8) is 0 Å². The Kier molecular flexibility index (Phi) is 7.65. The third-order valence-corrected chi connectivity index (χ3v) is 4.26. The summed E-state index contributed by atoms with van der Waals surface area (Å²) in [5.74, 6) is -1.17. The molecule has 156 valence electrons. The minimum Gasteiger partial charge on any atom is -0.352 e. The van der Waals surface area contributed by atoms with E-state index >= 15 is 0 Å². The average Bonchev–Trinajstić information content (AvgIpc) is 2.79. The number of amides is 3. The molecular formula is C24H22N4O3. The number of hydrazone groups is 1. The minimum atomic E-state index is -0.435. The van der Waals surface area contributed by atoms with E-state index in [1.54, 1.807) is 30.5 Å². The molecule has 3 aromatic rings. The number of hydrogen-bond acceptors (Lipinski definition) is 4. The summed E-state index contributed by atoms with van der Waals surface area (Å²) < 4.78 is 0. The Morgan fingerprint density at radius 3 is 2.10 bits per heavy atom. The smallest absolute Gasteiger partial charge is 0.271 e. The van der Waals surface area contributed by atoms with Gasteiger partial charge in [-0.05, 0) is 35.4 Å². The van der Waals surface area contributed by atoms with Crippen LogP contribution in [0.3, 0.4) is 0 Å². The standard InChI is InChI=1S/C24H22N4O3/c29-22(25-16-18-7-3-1-4-8-18)15-23(30)27-21-13-11-20(12-14-21)24(31)28-26-17-19-9-5-2-6-10-19/h1-14,17H,15-16H2,(H,25,29)(H,27,30)(H,28,31)/b26-17+. The van der Waals surface area contributed by atoms with Crippen LogP contribution in [0.15, 0.2) is 90.0 Å². The fourth-order valence-electron chi connectivity index (χ4n) is 2.68. The van der Waals surface area contributed by atoms with Gasteiger partial charge in [-0.25, -0.2) is 5.43 Å². The van der Waals surface area contributed by atoms with Crippen molar-refractivity contribution in [2.24, 2.45) is 5.10 Å². The Bertz CT molecular complexity index is 1050. The topological polar surface area (TPSA) is 99.7 Å². The number of benzene rings is 3. The summed E-state index contributed by atoms with van der Waals surface area (Å²) >= 11 is 0. The number of hydrogen-bond donors (Lipinski definition) is 3. The molecule has 0 fully saturated rings. The number of nitrogens with zero attached hydrogens (tertiary/aromatic N) is 1. The molecule has 3 aromatic carbocycles. The zero-order valence-corrected chi connectivity index (χ0v) is 16.7. The molecule has 0 radical (unpaired) electrons. The molecule has 3 amide bonds. The van der Waals surface area contributed by atoms with Gasteiger partial charge in [-0.3, -0.25) is 14.4 Å². The van der Waals surface area contributed by atoms with E-state index in [-0.39, 0.29) is 18.2 Å². The molecule has 0 atom stereocenters. The molecule has 0 heterocycles. The van der Waals surface area contributed by atoms with Crippen LogP contribution in [0, 0.1) is 0 Å². The minimum absolute atomic E-state index is 0.288. The summed E-state index contributed by atoms with van der Waals surface area (Å²) in [4.78, 5) is 36.1. The highest BCUT2D eigenvalue weighted by Crippen LogP contribution is 2.10. The van der Waals surface area contributed by atoms with Crippen LogP contribution in [0.1, 0.15) is 27.9 Å². The number of anilines is 1. The predicted octanol–water partition coefficient (Wildman–Crippen LogP) is 3.10. The van der Waals surface area contributed by atoms with Crippen LogP contribution < -0.4 is 16.1 Å². The monoisotopic (exact) mass is 414 g/mol. The quantitative estimate of drug-likeness (QED) is 0.300. The second-order valence-corrected chi connectivity index (χ2v) is 6.67. The van der Waals surface area contributed by atoms with Crippen molar-refractivity contribution < 1.29 is 14.4 Å². The van der Waals surface area contributed by atoms with Gasteiger partial charge in [0, 0.05) is 17.8 Å². The first-order chi connectivity index (χ1) is 15.1. The summed E-state index contributed by atoms with van der Waals surface area (Å²) in [6, 6.07) is 25.2. The molecule has 3 N–H and O–H groups in total. The molecule has 0 aromatic heterocycles. The van der Waals surface area contributed by atoms with E-state index in [2.05, 4.69) is 21.2 Å². The number of nitrogens with one attached hydrogen (secondary N) is 3. The van der Waals surface area contributed by atoms with Crippen LogP contribution in [-0.2, 0) is 16.1 Å². The SMILES string of the molecule is O=C(CC(=O)Nc1ccc(C(=O)N/N=C/c2ccccc2)cc1)NCc1ccccc1. The molecule has 0 aliphatic carbocycles. The normalized spacial score (nSPS) is 10.5. The van der Waals surface area contributed by atoms with Gasteiger partial charge in [0.1, 0.15) is 6.42 Å². The molecule has 0 aliphatic rings. The molecule has 0 spiro atoms. The van der Waals surface area contributed by atoms with Gasteiger partial charge in [-0.1, -0.05) is 60.7 Å². The third kappa shape index (κ3) is 7.25. The Morgan fingerprint density at radius 1 is 0.774 bits per heavy atom. The fourth-order valence-corrected chi connectivity index (χ4v) is 2.68. The number of rotatable bonds is 8. The first-order valence-electron chi connectivity index (χ1n) is 9.69. The van der Waals surface area contributed by atoms with Crippen molar-refractivity contribution in [2.45, 2.75) is 13.0 Å². The van der Waals surface area contributed by atoms with Gasteiger partial charge in [-0.15, -0.1) is 0 Å². The second-order valence-electron chi connectivity index (χ2n) is 6.67. The summed E-state index contributed by atoms with van der Waals surface area (Å²) in [7, 11) is 0. The molecular weight excluding hydrogens is 392 g/mol. The first-order valence-corrected chi connectivity index (χ1v) is 9.69. The van der Waals surface area contributed by atoms with Crippen molar-refractivity contribution in [3.05, 3.63) is 102 Å². The highest BCUT2D eigenvalue weighted by atomic mass is 16.2. The fraction of sp³-hybridized carbons (Fsp3) is 0.0833. The summed E-state index contributed by atoms with van der Waals surface area (Å²) in [6.45, 7) is 0.365. The lowest BCUT2D eigenvalue weighted by Gasteiger charge is -2.07. The maximum atomic E-state index is 12.1. The second kappa shape index (κ2) is 11.1. The van der Waals surface area contributed by atoms with E-state index in [1.807, 2.05) is 60.7 Å². The average molecular weight is 414 g/mol. The van der Waals surface area contributed by atoms with Crippen LogP contribution in [-0.4, -0.2) is 23.9 Å². The van der Waals surface area contributed by atoms with Gasteiger partial charge in [0.2, 0.25) is 11.8 Å². The molecule has 0 bridgehead atoms. The molecule has 3 rings (SSSR count). The van der Waals surface area contributed by atoms with Gasteiger partial charge in [-0.2, -0.15) is 5.10 Å². The molecule has 0 saturated carbocycles. The van der Waals surface area contributed by atoms with Gasteiger partial charge in [0.05, 0.1) is 6.21 Å².